The van der Waals surface area contributed by atoms with Crippen molar-refractivity contribution in [3.05, 3.63) is 51.0 Å². The third-order valence-corrected chi connectivity index (χ3v) is 4.70. The number of carbonyl (C=O) groups is 2. The Morgan fingerprint density at radius 3 is 2.57 bits per heavy atom. The molecule has 0 unspecified atom stereocenters. The van der Waals surface area contributed by atoms with Crippen LogP contribution in [0.2, 0.25) is 0 Å². The van der Waals surface area contributed by atoms with Gasteiger partial charge >= 0.3 is 0 Å². The Labute approximate surface area is 139 Å². The molecule has 0 aliphatic carbocycles. The van der Waals surface area contributed by atoms with Crippen LogP contribution in [0.15, 0.2) is 24.3 Å². The van der Waals surface area contributed by atoms with E-state index < -0.39 is 5.91 Å². The van der Waals surface area contributed by atoms with Crippen LogP contribution in [0.5, 0.6) is 0 Å². The molecule has 0 saturated heterocycles. The zero-order valence-corrected chi connectivity index (χ0v) is 14.2. The first-order chi connectivity index (χ1) is 11.0. The van der Waals surface area contributed by atoms with Gasteiger partial charge in [0.15, 0.2) is 0 Å². The minimum atomic E-state index is -0.458. The van der Waals surface area contributed by atoms with Crippen LogP contribution in [0.1, 0.15) is 56.1 Å². The van der Waals surface area contributed by atoms with Crippen LogP contribution >= 0.6 is 11.3 Å². The molecule has 0 aliphatic rings. The Bertz CT molecular complexity index is 692. The number of nitrogens with one attached hydrogen (secondary N) is 1. The minimum absolute atomic E-state index is 0.110. The van der Waals surface area contributed by atoms with E-state index >= 15 is 0 Å². The van der Waals surface area contributed by atoms with E-state index in [1.54, 1.807) is 24.3 Å². The lowest BCUT2D eigenvalue weighted by Gasteiger charge is -2.05. The zero-order valence-electron chi connectivity index (χ0n) is 13.4. The van der Waals surface area contributed by atoms with Gasteiger partial charge in [0.05, 0.1) is 10.7 Å². The highest BCUT2D eigenvalue weighted by Crippen LogP contribution is 2.20. The Hall–Kier alpha value is -2.21. The first-order valence-electron chi connectivity index (χ1n) is 7.64. The molecular formula is C17H21N3O2S. The van der Waals surface area contributed by atoms with E-state index in [0.29, 0.717) is 17.0 Å². The van der Waals surface area contributed by atoms with Crippen LogP contribution in [0, 0.1) is 6.92 Å². The number of benzene rings is 1. The molecule has 5 nitrogen and oxygen atoms in total. The molecule has 2 amide bonds. The molecule has 1 aromatic carbocycles. The molecule has 0 spiro atoms. The maximum Gasteiger partial charge on any atom is 0.263 e. The fourth-order valence-electron chi connectivity index (χ4n) is 2.15. The molecule has 0 fully saturated rings. The second-order valence-corrected chi connectivity index (χ2v) is 6.45. The topological polar surface area (TPSA) is 85.1 Å². The van der Waals surface area contributed by atoms with Crippen LogP contribution in [-0.4, -0.2) is 16.8 Å². The number of primary amides is 1. The standard InChI is InChI=1S/C17H21N3O2S/c1-3-4-5-14-20-11(2)15(23-14)17(22)19-10-12-6-8-13(9-7-12)16(18)21/h6-9H,3-5,10H2,1-2H3,(H2,18,21)(H,19,22). The number of nitrogens with two attached hydrogens (primary N) is 1. The number of hydrogen-bond donors (Lipinski definition) is 2. The summed E-state index contributed by atoms with van der Waals surface area (Å²) in [5.41, 5.74) is 7.35. The number of aromatic nitrogens is 1. The predicted molar refractivity (Wildman–Crippen MR) is 91.6 cm³/mol. The maximum atomic E-state index is 12.3. The van der Waals surface area contributed by atoms with E-state index in [0.717, 1.165) is 35.5 Å². The Morgan fingerprint density at radius 1 is 1.26 bits per heavy atom. The van der Waals surface area contributed by atoms with E-state index in [2.05, 4.69) is 17.2 Å². The number of thiazole rings is 1. The zero-order chi connectivity index (χ0) is 16.8. The van der Waals surface area contributed by atoms with Crippen molar-refractivity contribution in [2.24, 2.45) is 5.73 Å². The number of amides is 2. The summed E-state index contributed by atoms with van der Waals surface area (Å²) in [5.74, 6) is -0.567. The van der Waals surface area contributed by atoms with Gasteiger partial charge in [-0.3, -0.25) is 9.59 Å². The monoisotopic (exact) mass is 331 g/mol. The second-order valence-electron chi connectivity index (χ2n) is 5.37. The van der Waals surface area contributed by atoms with Crippen molar-refractivity contribution in [2.45, 2.75) is 39.7 Å². The van der Waals surface area contributed by atoms with Crippen molar-refractivity contribution < 1.29 is 9.59 Å². The first-order valence-corrected chi connectivity index (χ1v) is 8.46. The number of carbonyl (C=O) groups excluding carboxylic acids is 2. The summed E-state index contributed by atoms with van der Waals surface area (Å²) in [6.07, 6.45) is 3.12. The largest absolute Gasteiger partial charge is 0.366 e. The van der Waals surface area contributed by atoms with Gasteiger partial charge in [-0.2, -0.15) is 0 Å². The third-order valence-electron chi connectivity index (χ3n) is 3.48. The fraction of sp³-hybridized carbons (Fsp3) is 0.353. The molecule has 3 N–H and O–H groups in total. The van der Waals surface area contributed by atoms with Crippen LogP contribution in [-0.2, 0) is 13.0 Å². The Morgan fingerprint density at radius 2 is 1.96 bits per heavy atom. The molecule has 0 radical (unpaired) electrons. The minimum Gasteiger partial charge on any atom is -0.366 e. The Kier molecular flexibility index (Phi) is 5.87. The average molecular weight is 331 g/mol. The summed E-state index contributed by atoms with van der Waals surface area (Å²) in [4.78, 5) is 28.4. The summed E-state index contributed by atoms with van der Waals surface area (Å²) >= 11 is 1.46. The predicted octanol–water partition coefficient (Wildman–Crippen LogP) is 2.82. The van der Waals surface area contributed by atoms with Crippen LogP contribution in [0.4, 0.5) is 0 Å². The summed E-state index contributed by atoms with van der Waals surface area (Å²) in [6.45, 7) is 4.40. The van der Waals surface area contributed by atoms with Crippen LogP contribution in [0.25, 0.3) is 0 Å². The molecule has 23 heavy (non-hydrogen) atoms. The molecule has 0 saturated carbocycles. The highest BCUT2D eigenvalue weighted by Gasteiger charge is 2.14. The smallest absolute Gasteiger partial charge is 0.263 e. The Balaban J connectivity index is 1.96. The van der Waals surface area contributed by atoms with Crippen LogP contribution < -0.4 is 11.1 Å². The maximum absolute atomic E-state index is 12.3. The lowest BCUT2D eigenvalue weighted by Crippen LogP contribution is -2.22. The van der Waals surface area contributed by atoms with Gasteiger partial charge in [0, 0.05) is 12.1 Å². The van der Waals surface area contributed by atoms with Gasteiger partial charge in [-0.05, 0) is 37.5 Å². The van der Waals surface area contributed by atoms with Crippen LogP contribution in [0.3, 0.4) is 0 Å². The molecule has 6 heteroatoms. The lowest BCUT2D eigenvalue weighted by atomic mass is 10.1. The van der Waals surface area contributed by atoms with Crippen molar-refractivity contribution in [1.29, 1.82) is 0 Å². The van der Waals surface area contributed by atoms with E-state index in [1.807, 2.05) is 6.92 Å². The number of hydrogen-bond acceptors (Lipinski definition) is 4. The molecule has 122 valence electrons. The molecular weight excluding hydrogens is 310 g/mol. The third kappa shape index (κ3) is 4.63. The second kappa shape index (κ2) is 7.87. The molecule has 0 bridgehead atoms. The quantitative estimate of drug-likeness (QED) is 0.818. The van der Waals surface area contributed by atoms with Crippen molar-refractivity contribution in [2.75, 3.05) is 0 Å². The van der Waals surface area contributed by atoms with E-state index in [4.69, 9.17) is 5.73 Å². The number of aryl methyl sites for hydroxylation is 2. The summed E-state index contributed by atoms with van der Waals surface area (Å²) in [5, 5.41) is 3.90. The van der Waals surface area contributed by atoms with Crippen molar-refractivity contribution >= 4 is 23.2 Å². The van der Waals surface area contributed by atoms with Crippen molar-refractivity contribution in [3.63, 3.8) is 0 Å². The first kappa shape index (κ1) is 17.1. The van der Waals surface area contributed by atoms with Gasteiger partial charge in [0.1, 0.15) is 4.88 Å². The lowest BCUT2D eigenvalue weighted by molar-refractivity contribution is 0.0952. The molecule has 2 rings (SSSR count). The van der Waals surface area contributed by atoms with E-state index in [1.165, 1.54) is 11.3 Å². The van der Waals surface area contributed by atoms with Crippen molar-refractivity contribution in [3.8, 4) is 0 Å². The van der Waals surface area contributed by atoms with Gasteiger partial charge in [0.25, 0.3) is 5.91 Å². The van der Waals surface area contributed by atoms with E-state index in [-0.39, 0.29) is 5.91 Å². The summed E-state index contributed by atoms with van der Waals surface area (Å²) in [7, 11) is 0. The fourth-order valence-corrected chi connectivity index (χ4v) is 3.17. The normalized spacial score (nSPS) is 10.5. The van der Waals surface area contributed by atoms with Gasteiger partial charge in [-0.1, -0.05) is 25.5 Å². The van der Waals surface area contributed by atoms with Gasteiger partial charge in [-0.15, -0.1) is 11.3 Å². The molecule has 0 aliphatic heterocycles. The van der Waals surface area contributed by atoms with E-state index in [9.17, 15) is 9.59 Å². The highest BCUT2D eigenvalue weighted by molar-refractivity contribution is 7.13. The number of nitrogens with zero attached hydrogens (tertiary/aromatic N) is 1. The van der Waals surface area contributed by atoms with Gasteiger partial charge < -0.3 is 11.1 Å². The number of unbranched alkanes of at least 4 members (excludes halogenated alkanes) is 1. The number of rotatable bonds is 7. The molecule has 0 atom stereocenters. The summed E-state index contributed by atoms with van der Waals surface area (Å²) < 4.78 is 0. The molecule has 1 heterocycles. The molecule has 1 aromatic heterocycles. The summed E-state index contributed by atoms with van der Waals surface area (Å²) in [6, 6.07) is 6.88. The van der Waals surface area contributed by atoms with Gasteiger partial charge in [-0.25, -0.2) is 4.98 Å². The molecule has 2 aromatic rings. The average Bonchev–Trinajstić information content (AvgIpc) is 2.92. The SMILES string of the molecule is CCCCc1nc(C)c(C(=O)NCc2ccc(C(N)=O)cc2)s1. The highest BCUT2D eigenvalue weighted by atomic mass is 32.1. The van der Waals surface area contributed by atoms with Crippen molar-refractivity contribution in [1.82, 2.24) is 10.3 Å². The van der Waals surface area contributed by atoms with Gasteiger partial charge in [0.2, 0.25) is 5.91 Å².